The van der Waals surface area contributed by atoms with Gasteiger partial charge in [-0.1, -0.05) is 36.4 Å². The molecular weight excluding hydrogens is 416 g/mol. The maximum absolute atomic E-state index is 13.3. The minimum Gasteiger partial charge on any atom is -0.497 e. The Balaban J connectivity index is 1.67. The predicted molar refractivity (Wildman–Crippen MR) is 128 cm³/mol. The number of aryl methyl sites for hydroxylation is 1. The zero-order chi connectivity index (χ0) is 22.9. The first-order chi connectivity index (χ1) is 16.0. The van der Waals surface area contributed by atoms with Gasteiger partial charge >= 0.3 is 0 Å². The van der Waals surface area contributed by atoms with Crippen LogP contribution in [0.15, 0.2) is 83.8 Å². The van der Waals surface area contributed by atoms with Crippen molar-refractivity contribution >= 4 is 28.3 Å². The van der Waals surface area contributed by atoms with Gasteiger partial charge in [0.2, 0.25) is 0 Å². The van der Waals surface area contributed by atoms with E-state index in [2.05, 4.69) is 5.32 Å². The SMILES string of the molecule is COc1ccc(NC(=O)c2cc3c(=O)n4cccc(C)c4nc3n2Cc2ccccc2)cc1. The van der Waals surface area contributed by atoms with Gasteiger partial charge in [-0.3, -0.25) is 14.0 Å². The number of rotatable bonds is 5. The van der Waals surface area contributed by atoms with Crippen LogP contribution in [0.4, 0.5) is 5.69 Å². The van der Waals surface area contributed by atoms with Crippen molar-refractivity contribution in [3.63, 3.8) is 0 Å². The molecular formula is C26H22N4O3. The summed E-state index contributed by atoms with van der Waals surface area (Å²) in [6, 6.07) is 22.2. The van der Waals surface area contributed by atoms with Crippen LogP contribution in [-0.4, -0.2) is 27.0 Å². The molecule has 0 fully saturated rings. The molecule has 0 atom stereocenters. The molecule has 0 unspecified atom stereocenters. The number of nitrogens with one attached hydrogen (secondary N) is 1. The van der Waals surface area contributed by atoms with Crippen molar-refractivity contribution in [2.45, 2.75) is 13.5 Å². The molecule has 2 aromatic carbocycles. The van der Waals surface area contributed by atoms with E-state index in [1.54, 1.807) is 48.2 Å². The number of carbonyl (C=O) groups is 1. The molecule has 0 aliphatic heterocycles. The van der Waals surface area contributed by atoms with Crippen LogP contribution in [0.2, 0.25) is 0 Å². The third kappa shape index (κ3) is 3.74. The molecule has 5 rings (SSSR count). The molecule has 33 heavy (non-hydrogen) atoms. The van der Waals surface area contributed by atoms with Crippen LogP contribution >= 0.6 is 0 Å². The van der Waals surface area contributed by atoms with Crippen LogP contribution in [0.25, 0.3) is 16.7 Å². The van der Waals surface area contributed by atoms with E-state index in [4.69, 9.17) is 9.72 Å². The number of anilines is 1. The standard InChI is InChI=1S/C26H22N4O3/c1-17-7-6-14-29-23(17)28-24-21(26(29)32)15-22(30(24)16-18-8-4-3-5-9-18)25(31)27-19-10-12-20(33-2)13-11-19/h3-15H,16H2,1-2H3,(H,27,31). The summed E-state index contributed by atoms with van der Waals surface area (Å²) < 4.78 is 8.51. The molecule has 0 saturated heterocycles. The number of amides is 1. The summed E-state index contributed by atoms with van der Waals surface area (Å²) in [7, 11) is 1.59. The van der Waals surface area contributed by atoms with Crippen molar-refractivity contribution in [1.29, 1.82) is 0 Å². The molecule has 0 radical (unpaired) electrons. The lowest BCUT2D eigenvalue weighted by molar-refractivity contribution is 0.101. The fourth-order valence-corrected chi connectivity index (χ4v) is 3.94. The summed E-state index contributed by atoms with van der Waals surface area (Å²) >= 11 is 0. The highest BCUT2D eigenvalue weighted by Crippen LogP contribution is 2.22. The summed E-state index contributed by atoms with van der Waals surface area (Å²) in [6.45, 7) is 2.32. The predicted octanol–water partition coefficient (Wildman–Crippen LogP) is 4.27. The number of pyridine rings is 1. The molecule has 1 amide bonds. The van der Waals surface area contributed by atoms with Crippen molar-refractivity contribution in [1.82, 2.24) is 14.0 Å². The van der Waals surface area contributed by atoms with Crippen molar-refractivity contribution in [3.05, 3.63) is 106 Å². The van der Waals surface area contributed by atoms with E-state index in [1.807, 2.05) is 49.4 Å². The third-order valence-corrected chi connectivity index (χ3v) is 5.66. The summed E-state index contributed by atoms with van der Waals surface area (Å²) in [5, 5.41) is 3.31. The lowest BCUT2D eigenvalue weighted by Gasteiger charge is -2.12. The minimum atomic E-state index is -0.320. The zero-order valence-corrected chi connectivity index (χ0v) is 18.3. The van der Waals surface area contributed by atoms with Gasteiger partial charge in [0.1, 0.15) is 22.7 Å². The Bertz CT molecular complexity index is 1530. The molecule has 0 saturated carbocycles. The van der Waals surface area contributed by atoms with Gasteiger partial charge < -0.3 is 14.6 Å². The largest absolute Gasteiger partial charge is 0.497 e. The maximum Gasteiger partial charge on any atom is 0.272 e. The Kier molecular flexibility index (Phi) is 5.14. The van der Waals surface area contributed by atoms with Gasteiger partial charge in [0, 0.05) is 18.4 Å². The number of nitrogens with zero attached hydrogens (tertiary/aromatic N) is 3. The molecule has 0 spiro atoms. The molecule has 0 bridgehead atoms. The average Bonchev–Trinajstić information content (AvgIpc) is 3.20. The van der Waals surface area contributed by atoms with Gasteiger partial charge in [0.25, 0.3) is 11.5 Å². The Morgan fingerprint density at radius 1 is 1.00 bits per heavy atom. The van der Waals surface area contributed by atoms with Crippen LogP contribution in [0.1, 0.15) is 21.6 Å². The second-order valence-electron chi connectivity index (χ2n) is 7.82. The molecule has 5 aromatic rings. The monoisotopic (exact) mass is 438 g/mol. The van der Waals surface area contributed by atoms with E-state index in [1.165, 1.54) is 4.40 Å². The number of hydrogen-bond donors (Lipinski definition) is 1. The lowest BCUT2D eigenvalue weighted by atomic mass is 10.2. The number of methoxy groups -OCH3 is 1. The molecule has 0 aliphatic rings. The first-order valence-corrected chi connectivity index (χ1v) is 10.6. The van der Waals surface area contributed by atoms with Crippen molar-refractivity contribution in [3.8, 4) is 5.75 Å². The average molecular weight is 438 g/mol. The lowest BCUT2D eigenvalue weighted by Crippen LogP contribution is -2.18. The van der Waals surface area contributed by atoms with Crippen LogP contribution < -0.4 is 15.6 Å². The van der Waals surface area contributed by atoms with Crippen LogP contribution in [0.5, 0.6) is 5.75 Å². The first-order valence-electron chi connectivity index (χ1n) is 10.6. The number of hydrogen-bond acceptors (Lipinski definition) is 4. The van der Waals surface area contributed by atoms with E-state index in [-0.39, 0.29) is 11.5 Å². The normalized spacial score (nSPS) is 11.1. The van der Waals surface area contributed by atoms with Gasteiger partial charge in [-0.25, -0.2) is 4.98 Å². The van der Waals surface area contributed by atoms with Crippen molar-refractivity contribution in [2.24, 2.45) is 0 Å². The Labute approximate surface area is 189 Å². The Morgan fingerprint density at radius 2 is 1.76 bits per heavy atom. The van der Waals surface area contributed by atoms with Crippen LogP contribution in [0.3, 0.4) is 0 Å². The van der Waals surface area contributed by atoms with Gasteiger partial charge in [0.05, 0.1) is 12.5 Å². The highest BCUT2D eigenvalue weighted by molar-refractivity contribution is 6.06. The fourth-order valence-electron chi connectivity index (χ4n) is 3.94. The minimum absolute atomic E-state index is 0.205. The molecule has 7 heteroatoms. The van der Waals surface area contributed by atoms with Gasteiger partial charge in [-0.05, 0) is 54.4 Å². The van der Waals surface area contributed by atoms with Gasteiger partial charge in [0.15, 0.2) is 0 Å². The highest BCUT2D eigenvalue weighted by atomic mass is 16.5. The summed E-state index contributed by atoms with van der Waals surface area (Å²) in [5.41, 5.74) is 3.73. The molecule has 1 N–H and O–H groups in total. The molecule has 3 aromatic heterocycles. The van der Waals surface area contributed by atoms with E-state index >= 15 is 0 Å². The van der Waals surface area contributed by atoms with E-state index < -0.39 is 0 Å². The van der Waals surface area contributed by atoms with Gasteiger partial charge in [-0.2, -0.15) is 0 Å². The third-order valence-electron chi connectivity index (χ3n) is 5.66. The number of aromatic nitrogens is 3. The number of fused-ring (bicyclic) bond motifs is 2. The number of ether oxygens (including phenoxy) is 1. The zero-order valence-electron chi connectivity index (χ0n) is 18.3. The highest BCUT2D eigenvalue weighted by Gasteiger charge is 2.20. The van der Waals surface area contributed by atoms with Crippen LogP contribution in [0, 0.1) is 6.92 Å². The maximum atomic E-state index is 13.3. The molecule has 164 valence electrons. The summed E-state index contributed by atoms with van der Waals surface area (Å²) in [4.78, 5) is 31.4. The molecule has 7 nitrogen and oxygen atoms in total. The summed E-state index contributed by atoms with van der Waals surface area (Å²) in [6.07, 6.45) is 1.70. The Hall–Kier alpha value is -4.39. The van der Waals surface area contributed by atoms with E-state index in [0.29, 0.717) is 40.4 Å². The number of carbonyl (C=O) groups excluding carboxylic acids is 1. The quantitative estimate of drug-likeness (QED) is 0.445. The van der Waals surface area contributed by atoms with Crippen molar-refractivity contribution in [2.75, 3.05) is 12.4 Å². The topological polar surface area (TPSA) is 77.6 Å². The second kappa shape index (κ2) is 8.27. The van der Waals surface area contributed by atoms with E-state index in [0.717, 1.165) is 11.1 Å². The molecule has 3 heterocycles. The smallest absolute Gasteiger partial charge is 0.272 e. The van der Waals surface area contributed by atoms with Gasteiger partial charge in [-0.15, -0.1) is 0 Å². The fraction of sp³-hybridized carbons (Fsp3) is 0.115. The molecule has 0 aliphatic carbocycles. The van der Waals surface area contributed by atoms with Crippen molar-refractivity contribution < 1.29 is 9.53 Å². The van der Waals surface area contributed by atoms with Crippen LogP contribution in [-0.2, 0) is 6.54 Å². The second-order valence-corrected chi connectivity index (χ2v) is 7.82. The Morgan fingerprint density at radius 3 is 2.48 bits per heavy atom. The number of benzene rings is 2. The first kappa shape index (κ1) is 20.5. The summed E-state index contributed by atoms with van der Waals surface area (Å²) in [5.74, 6) is 0.379. The van der Waals surface area contributed by atoms with E-state index in [9.17, 15) is 9.59 Å².